The van der Waals surface area contributed by atoms with Gasteiger partial charge in [-0.2, -0.15) is 0 Å². The minimum absolute atomic E-state index is 0.0225. The topological polar surface area (TPSA) is 43.9 Å². The van der Waals surface area contributed by atoms with Crippen molar-refractivity contribution in [1.82, 2.24) is 14.7 Å². The lowest BCUT2D eigenvalue weighted by Gasteiger charge is -2.40. The first kappa shape index (κ1) is 18.0. The zero-order valence-corrected chi connectivity index (χ0v) is 16.3. The SMILES string of the molecule is O=C(c1cccs1)N1CCCC(C(=O)N2CCN(C3CCCC3)CC2)C1. The minimum Gasteiger partial charge on any atom is -0.340 e. The van der Waals surface area contributed by atoms with Gasteiger partial charge in [-0.1, -0.05) is 18.9 Å². The van der Waals surface area contributed by atoms with Crippen molar-refractivity contribution in [1.29, 1.82) is 0 Å². The smallest absolute Gasteiger partial charge is 0.263 e. The van der Waals surface area contributed by atoms with Gasteiger partial charge in [-0.15, -0.1) is 11.3 Å². The number of rotatable bonds is 3. The van der Waals surface area contributed by atoms with Crippen LogP contribution < -0.4 is 0 Å². The molecule has 0 N–H and O–H groups in total. The van der Waals surface area contributed by atoms with Crippen molar-refractivity contribution < 1.29 is 9.59 Å². The van der Waals surface area contributed by atoms with Gasteiger partial charge in [0.15, 0.2) is 0 Å². The van der Waals surface area contributed by atoms with Crippen molar-refractivity contribution in [3.05, 3.63) is 22.4 Å². The molecule has 1 atom stereocenters. The molecule has 0 spiro atoms. The fourth-order valence-corrected chi connectivity index (χ4v) is 5.45. The molecule has 6 heteroatoms. The Bertz CT molecular complexity index is 619. The third-order valence-corrected chi connectivity index (χ3v) is 7.11. The van der Waals surface area contributed by atoms with Crippen molar-refractivity contribution in [2.75, 3.05) is 39.3 Å². The number of carbonyl (C=O) groups excluding carboxylic acids is 2. The summed E-state index contributed by atoms with van der Waals surface area (Å²) in [7, 11) is 0. The maximum absolute atomic E-state index is 13.0. The first-order chi connectivity index (χ1) is 12.7. The Morgan fingerprint density at radius 3 is 2.38 bits per heavy atom. The Kier molecular flexibility index (Phi) is 5.60. The van der Waals surface area contributed by atoms with Crippen LogP contribution in [0.5, 0.6) is 0 Å². The van der Waals surface area contributed by atoms with E-state index < -0.39 is 0 Å². The van der Waals surface area contributed by atoms with Crippen LogP contribution in [0.2, 0.25) is 0 Å². The maximum atomic E-state index is 13.0. The summed E-state index contributed by atoms with van der Waals surface area (Å²) in [5.74, 6) is 0.328. The van der Waals surface area contributed by atoms with Crippen LogP contribution in [-0.2, 0) is 4.79 Å². The van der Waals surface area contributed by atoms with E-state index in [1.165, 1.54) is 37.0 Å². The van der Waals surface area contributed by atoms with Crippen molar-refractivity contribution in [2.24, 2.45) is 5.92 Å². The van der Waals surface area contributed by atoms with Gasteiger partial charge in [-0.25, -0.2) is 0 Å². The van der Waals surface area contributed by atoms with Gasteiger partial charge in [0.2, 0.25) is 5.91 Å². The summed E-state index contributed by atoms with van der Waals surface area (Å²) >= 11 is 1.48. The van der Waals surface area contributed by atoms with E-state index >= 15 is 0 Å². The Morgan fingerprint density at radius 1 is 0.923 bits per heavy atom. The molecule has 1 aromatic rings. The largest absolute Gasteiger partial charge is 0.340 e. The second-order valence-electron chi connectivity index (χ2n) is 7.87. The summed E-state index contributed by atoms with van der Waals surface area (Å²) < 4.78 is 0. The molecule has 0 bridgehead atoms. The van der Waals surface area contributed by atoms with Gasteiger partial charge in [0.1, 0.15) is 0 Å². The van der Waals surface area contributed by atoms with Crippen LogP contribution in [0, 0.1) is 5.92 Å². The molecule has 0 radical (unpaired) electrons. The molecule has 2 saturated heterocycles. The zero-order valence-electron chi connectivity index (χ0n) is 15.4. The highest BCUT2D eigenvalue weighted by Crippen LogP contribution is 2.26. The first-order valence-electron chi connectivity index (χ1n) is 10.1. The van der Waals surface area contributed by atoms with Crippen LogP contribution in [0.15, 0.2) is 17.5 Å². The molecule has 0 aromatic carbocycles. The Labute approximate surface area is 159 Å². The number of thiophene rings is 1. The third kappa shape index (κ3) is 3.81. The predicted molar refractivity (Wildman–Crippen MR) is 103 cm³/mol. The molecule has 1 saturated carbocycles. The van der Waals surface area contributed by atoms with Crippen molar-refractivity contribution in [2.45, 2.75) is 44.6 Å². The van der Waals surface area contributed by atoms with Gasteiger partial charge in [-0.05, 0) is 37.1 Å². The van der Waals surface area contributed by atoms with Gasteiger partial charge < -0.3 is 9.80 Å². The van der Waals surface area contributed by atoms with Gasteiger partial charge in [0.05, 0.1) is 10.8 Å². The molecule has 5 nitrogen and oxygen atoms in total. The molecule has 142 valence electrons. The number of hydrogen-bond acceptors (Lipinski definition) is 4. The summed E-state index contributed by atoms with van der Waals surface area (Å²) in [4.78, 5) is 32.9. The average molecular weight is 376 g/mol. The maximum Gasteiger partial charge on any atom is 0.263 e. The molecule has 2 aliphatic heterocycles. The van der Waals surface area contributed by atoms with Gasteiger partial charge in [0, 0.05) is 45.3 Å². The minimum atomic E-state index is -0.0225. The molecule has 26 heavy (non-hydrogen) atoms. The van der Waals surface area contributed by atoms with E-state index in [0.29, 0.717) is 6.54 Å². The highest BCUT2D eigenvalue weighted by molar-refractivity contribution is 7.12. The molecule has 4 rings (SSSR count). The van der Waals surface area contributed by atoms with Crippen molar-refractivity contribution in [3.8, 4) is 0 Å². The number of piperazine rings is 1. The lowest BCUT2D eigenvalue weighted by atomic mass is 9.96. The number of likely N-dealkylation sites (tertiary alicyclic amines) is 1. The van der Waals surface area contributed by atoms with Gasteiger partial charge in [-0.3, -0.25) is 14.5 Å². The predicted octanol–water partition coefficient (Wildman–Crippen LogP) is 2.69. The van der Waals surface area contributed by atoms with Crippen LogP contribution in [0.1, 0.15) is 48.2 Å². The van der Waals surface area contributed by atoms with Crippen LogP contribution in [0.3, 0.4) is 0 Å². The summed E-state index contributed by atoms with van der Waals surface area (Å²) in [6.07, 6.45) is 7.22. The summed E-state index contributed by atoms with van der Waals surface area (Å²) in [6, 6.07) is 4.54. The van der Waals surface area contributed by atoms with E-state index in [2.05, 4.69) is 9.80 Å². The zero-order chi connectivity index (χ0) is 17.9. The average Bonchev–Trinajstić information content (AvgIpc) is 3.41. The standard InChI is InChI=1S/C20H29N3O2S/c24-19(22-12-10-21(11-13-22)17-6-1-2-7-17)16-5-3-9-23(15-16)20(25)18-8-4-14-26-18/h4,8,14,16-17H,1-3,5-7,9-13,15H2. The molecule has 1 aromatic heterocycles. The molecule has 3 heterocycles. The number of amides is 2. The van der Waals surface area contributed by atoms with Gasteiger partial charge >= 0.3 is 0 Å². The van der Waals surface area contributed by atoms with Crippen LogP contribution in [0.4, 0.5) is 0 Å². The number of nitrogens with zero attached hydrogens (tertiary/aromatic N) is 3. The third-order valence-electron chi connectivity index (χ3n) is 6.26. The van der Waals surface area contributed by atoms with E-state index in [1.54, 1.807) is 0 Å². The summed E-state index contributed by atoms with van der Waals surface area (Å²) in [6.45, 7) is 5.09. The molecule has 1 unspecified atom stereocenters. The highest BCUT2D eigenvalue weighted by Gasteiger charge is 2.34. The Balaban J connectivity index is 1.31. The van der Waals surface area contributed by atoms with Gasteiger partial charge in [0.25, 0.3) is 5.91 Å². The molecular weight excluding hydrogens is 346 g/mol. The number of piperidine rings is 1. The summed E-state index contributed by atoms with van der Waals surface area (Å²) in [5.41, 5.74) is 0. The number of carbonyl (C=O) groups is 2. The van der Waals surface area contributed by atoms with E-state index in [0.717, 1.165) is 56.5 Å². The van der Waals surface area contributed by atoms with E-state index in [1.807, 2.05) is 22.4 Å². The van der Waals surface area contributed by atoms with Crippen LogP contribution >= 0.6 is 11.3 Å². The monoisotopic (exact) mass is 375 g/mol. The molecule has 3 aliphatic rings. The van der Waals surface area contributed by atoms with Crippen LogP contribution in [0.25, 0.3) is 0 Å². The highest BCUT2D eigenvalue weighted by atomic mass is 32.1. The molecular formula is C20H29N3O2S. The fraction of sp³-hybridized carbons (Fsp3) is 0.700. The second kappa shape index (κ2) is 8.09. The second-order valence-corrected chi connectivity index (χ2v) is 8.81. The Morgan fingerprint density at radius 2 is 1.69 bits per heavy atom. The first-order valence-corrected chi connectivity index (χ1v) is 11.0. The lowest BCUT2D eigenvalue weighted by Crippen LogP contribution is -2.54. The van der Waals surface area contributed by atoms with Crippen LogP contribution in [-0.4, -0.2) is 71.8 Å². The lowest BCUT2D eigenvalue weighted by molar-refractivity contribution is -0.139. The van der Waals surface area contributed by atoms with E-state index in [4.69, 9.17) is 0 Å². The molecule has 3 fully saturated rings. The van der Waals surface area contributed by atoms with Crippen molar-refractivity contribution in [3.63, 3.8) is 0 Å². The normalized spacial score (nSPS) is 25.6. The van der Waals surface area contributed by atoms with E-state index in [-0.39, 0.29) is 17.7 Å². The van der Waals surface area contributed by atoms with Crippen molar-refractivity contribution >= 4 is 23.2 Å². The summed E-state index contributed by atoms with van der Waals surface area (Å²) in [5, 5.41) is 1.93. The Hall–Kier alpha value is -1.40. The molecule has 1 aliphatic carbocycles. The fourth-order valence-electron chi connectivity index (χ4n) is 4.75. The quantitative estimate of drug-likeness (QED) is 0.816. The number of hydrogen-bond donors (Lipinski definition) is 0. The van der Waals surface area contributed by atoms with E-state index in [9.17, 15) is 9.59 Å². The molecule has 2 amide bonds.